The number of methoxy groups -OCH3 is 2. The molecule has 0 atom stereocenters. The number of benzene rings is 2. The van der Waals surface area contributed by atoms with Crippen LogP contribution in [0.25, 0.3) is 22.9 Å². The molecule has 1 heterocycles. The monoisotopic (exact) mass is 424 g/mol. The van der Waals surface area contributed by atoms with Crippen molar-refractivity contribution in [1.29, 1.82) is 5.26 Å². The molecule has 0 saturated carbocycles. The van der Waals surface area contributed by atoms with E-state index in [1.807, 2.05) is 0 Å². The quantitative estimate of drug-likeness (QED) is 0.316. The van der Waals surface area contributed by atoms with E-state index >= 15 is 0 Å². The van der Waals surface area contributed by atoms with E-state index in [1.54, 1.807) is 35.7 Å². The van der Waals surface area contributed by atoms with Gasteiger partial charge in [-0.1, -0.05) is 0 Å². The maximum absolute atomic E-state index is 13.1. The largest absolute Gasteiger partial charge is 0.493 e. The second-order valence-electron chi connectivity index (χ2n) is 6.06. The third kappa shape index (κ3) is 4.64. The molecule has 152 valence electrons. The van der Waals surface area contributed by atoms with Gasteiger partial charge in [-0.05, 0) is 48.0 Å². The highest BCUT2D eigenvalue weighted by Gasteiger charge is 2.17. The summed E-state index contributed by atoms with van der Waals surface area (Å²) in [4.78, 5) is 15.9. The summed E-state index contributed by atoms with van der Waals surface area (Å²) in [5.41, 5.74) is 2.34. The Morgan fingerprint density at radius 1 is 1.17 bits per heavy atom. The Kier molecular flexibility index (Phi) is 6.45. The van der Waals surface area contributed by atoms with Crippen LogP contribution in [0.5, 0.6) is 17.2 Å². The molecule has 0 fully saturated rings. The SMILES string of the molecule is COc1cc(C=C(C#N)c2nc(-c3ccc(F)cc3)cs2)cc(OC)c1OC(C)=O. The van der Waals surface area contributed by atoms with Crippen LogP contribution < -0.4 is 14.2 Å². The molecule has 3 aromatic rings. The number of hydrogen-bond donors (Lipinski definition) is 0. The average Bonchev–Trinajstić information content (AvgIpc) is 3.22. The first-order valence-electron chi connectivity index (χ1n) is 8.73. The van der Waals surface area contributed by atoms with Gasteiger partial charge in [0.2, 0.25) is 5.75 Å². The number of thiazole rings is 1. The molecular weight excluding hydrogens is 407 g/mol. The van der Waals surface area contributed by atoms with Crippen molar-refractivity contribution in [3.8, 4) is 34.6 Å². The van der Waals surface area contributed by atoms with Crippen LogP contribution in [0.2, 0.25) is 0 Å². The number of aromatic nitrogens is 1. The molecule has 0 bridgehead atoms. The lowest BCUT2D eigenvalue weighted by atomic mass is 10.1. The van der Waals surface area contributed by atoms with Crippen molar-refractivity contribution in [3.05, 3.63) is 58.2 Å². The number of rotatable bonds is 6. The Morgan fingerprint density at radius 2 is 1.80 bits per heavy atom. The molecule has 8 heteroatoms. The van der Waals surface area contributed by atoms with Crippen LogP contribution >= 0.6 is 11.3 Å². The molecule has 30 heavy (non-hydrogen) atoms. The standard InChI is InChI=1S/C22H17FN2O4S/c1-13(26)29-21-19(27-2)9-14(10-20(21)28-3)8-16(11-24)22-25-18(12-30-22)15-4-6-17(23)7-5-15/h4-10,12H,1-3H3. The second kappa shape index (κ2) is 9.20. The molecule has 2 aromatic carbocycles. The molecule has 1 aromatic heterocycles. The van der Waals surface area contributed by atoms with Crippen molar-refractivity contribution in [1.82, 2.24) is 4.98 Å². The summed E-state index contributed by atoms with van der Waals surface area (Å²) in [7, 11) is 2.88. The highest BCUT2D eigenvalue weighted by Crippen LogP contribution is 2.39. The first-order valence-corrected chi connectivity index (χ1v) is 9.61. The Balaban J connectivity index is 1.99. The van der Waals surface area contributed by atoms with Gasteiger partial charge in [0.1, 0.15) is 16.9 Å². The van der Waals surface area contributed by atoms with E-state index in [4.69, 9.17) is 14.2 Å². The van der Waals surface area contributed by atoms with Gasteiger partial charge in [0.25, 0.3) is 0 Å². The van der Waals surface area contributed by atoms with Crippen LogP contribution in [0.4, 0.5) is 4.39 Å². The van der Waals surface area contributed by atoms with Crippen LogP contribution in [-0.4, -0.2) is 25.2 Å². The smallest absolute Gasteiger partial charge is 0.308 e. The number of nitrogens with zero attached hydrogens (tertiary/aromatic N) is 2. The number of hydrogen-bond acceptors (Lipinski definition) is 7. The van der Waals surface area contributed by atoms with Gasteiger partial charge in [-0.2, -0.15) is 5.26 Å². The molecule has 0 N–H and O–H groups in total. The minimum Gasteiger partial charge on any atom is -0.493 e. The van der Waals surface area contributed by atoms with Gasteiger partial charge >= 0.3 is 5.97 Å². The van der Waals surface area contributed by atoms with Crippen molar-refractivity contribution in [2.24, 2.45) is 0 Å². The number of esters is 1. The molecular formula is C22H17FN2O4S. The van der Waals surface area contributed by atoms with Gasteiger partial charge in [0.15, 0.2) is 11.5 Å². The summed E-state index contributed by atoms with van der Waals surface area (Å²) in [6, 6.07) is 11.4. The zero-order chi connectivity index (χ0) is 21.7. The maximum Gasteiger partial charge on any atom is 0.308 e. The van der Waals surface area contributed by atoms with E-state index in [0.29, 0.717) is 33.3 Å². The number of carbonyl (C=O) groups is 1. The minimum absolute atomic E-state index is 0.163. The maximum atomic E-state index is 13.1. The first kappa shape index (κ1) is 21.0. The molecule has 0 spiro atoms. The van der Waals surface area contributed by atoms with Crippen LogP contribution in [0, 0.1) is 17.1 Å². The molecule has 0 aliphatic carbocycles. The van der Waals surface area contributed by atoms with Crippen molar-refractivity contribution < 1.29 is 23.4 Å². The fourth-order valence-electron chi connectivity index (χ4n) is 2.69. The third-order valence-electron chi connectivity index (χ3n) is 4.03. The van der Waals surface area contributed by atoms with Crippen LogP contribution in [0.1, 0.15) is 17.5 Å². The number of allylic oxidation sites excluding steroid dienone is 1. The van der Waals surface area contributed by atoms with E-state index in [1.165, 1.54) is 44.6 Å². The fraction of sp³-hybridized carbons (Fsp3) is 0.136. The van der Waals surface area contributed by atoms with Crippen molar-refractivity contribution in [2.75, 3.05) is 14.2 Å². The summed E-state index contributed by atoms with van der Waals surface area (Å²) >= 11 is 1.30. The lowest BCUT2D eigenvalue weighted by molar-refractivity contribution is -0.132. The number of nitriles is 1. The van der Waals surface area contributed by atoms with Crippen LogP contribution in [0.3, 0.4) is 0 Å². The van der Waals surface area contributed by atoms with Gasteiger partial charge in [0, 0.05) is 17.9 Å². The second-order valence-corrected chi connectivity index (χ2v) is 6.92. The average molecular weight is 424 g/mol. The Labute approximate surface area is 176 Å². The Bertz CT molecular complexity index is 1120. The molecule has 3 rings (SSSR count). The van der Waals surface area contributed by atoms with E-state index in [9.17, 15) is 14.4 Å². The zero-order valence-corrected chi connectivity index (χ0v) is 17.2. The lowest BCUT2D eigenvalue weighted by Crippen LogP contribution is -2.05. The molecule has 6 nitrogen and oxygen atoms in total. The van der Waals surface area contributed by atoms with E-state index < -0.39 is 5.97 Å². The van der Waals surface area contributed by atoms with Gasteiger partial charge < -0.3 is 14.2 Å². The number of ether oxygens (including phenoxy) is 3. The molecule has 0 radical (unpaired) electrons. The van der Waals surface area contributed by atoms with Gasteiger partial charge in [-0.3, -0.25) is 4.79 Å². The van der Waals surface area contributed by atoms with E-state index in [-0.39, 0.29) is 11.6 Å². The molecule has 0 unspecified atom stereocenters. The number of carbonyl (C=O) groups excluding carboxylic acids is 1. The predicted molar refractivity (Wildman–Crippen MR) is 112 cm³/mol. The van der Waals surface area contributed by atoms with Crippen LogP contribution in [0.15, 0.2) is 41.8 Å². The van der Waals surface area contributed by atoms with Gasteiger partial charge in [-0.15, -0.1) is 11.3 Å². The molecule has 0 amide bonds. The molecule has 0 aliphatic rings. The first-order chi connectivity index (χ1) is 14.4. The predicted octanol–water partition coefficient (Wildman–Crippen LogP) is 4.96. The van der Waals surface area contributed by atoms with Gasteiger partial charge in [-0.25, -0.2) is 9.37 Å². The van der Waals surface area contributed by atoms with Crippen molar-refractivity contribution in [2.45, 2.75) is 6.92 Å². The summed E-state index contributed by atoms with van der Waals surface area (Å²) in [6.45, 7) is 1.28. The van der Waals surface area contributed by atoms with Crippen LogP contribution in [-0.2, 0) is 4.79 Å². The lowest BCUT2D eigenvalue weighted by Gasteiger charge is -2.13. The summed E-state index contributed by atoms with van der Waals surface area (Å²) in [6.07, 6.45) is 1.63. The summed E-state index contributed by atoms with van der Waals surface area (Å²) in [5.74, 6) is -0.0925. The Hall–Kier alpha value is -3.70. The van der Waals surface area contributed by atoms with E-state index in [2.05, 4.69) is 11.1 Å². The van der Waals surface area contributed by atoms with Crippen molar-refractivity contribution in [3.63, 3.8) is 0 Å². The normalized spacial score (nSPS) is 11.0. The molecule has 0 saturated heterocycles. The highest BCUT2D eigenvalue weighted by atomic mass is 32.1. The number of halogens is 1. The van der Waals surface area contributed by atoms with Gasteiger partial charge in [0.05, 0.1) is 25.5 Å². The third-order valence-corrected chi connectivity index (χ3v) is 4.91. The zero-order valence-electron chi connectivity index (χ0n) is 16.4. The summed E-state index contributed by atoms with van der Waals surface area (Å²) in [5, 5.41) is 12.0. The summed E-state index contributed by atoms with van der Waals surface area (Å²) < 4.78 is 28.9. The van der Waals surface area contributed by atoms with E-state index in [0.717, 1.165) is 5.56 Å². The Morgan fingerprint density at radius 3 is 2.33 bits per heavy atom. The highest BCUT2D eigenvalue weighted by molar-refractivity contribution is 7.11. The topological polar surface area (TPSA) is 81.4 Å². The minimum atomic E-state index is -0.510. The van der Waals surface area contributed by atoms with Crippen molar-refractivity contribution >= 4 is 29.0 Å². The molecule has 0 aliphatic heterocycles. The fourth-order valence-corrected chi connectivity index (χ4v) is 3.48.